The van der Waals surface area contributed by atoms with E-state index in [0.29, 0.717) is 12.3 Å². The van der Waals surface area contributed by atoms with E-state index in [0.717, 1.165) is 17.5 Å². The van der Waals surface area contributed by atoms with Crippen LogP contribution in [0, 0.1) is 0 Å². The fourth-order valence-electron chi connectivity index (χ4n) is 1.14. The third kappa shape index (κ3) is 3.38. The summed E-state index contributed by atoms with van der Waals surface area (Å²) in [4.78, 5) is 10.9. The van der Waals surface area contributed by atoms with Gasteiger partial charge in [-0.05, 0) is 17.5 Å². The van der Waals surface area contributed by atoms with E-state index in [9.17, 15) is 4.79 Å². The third-order valence-electron chi connectivity index (χ3n) is 2.02. The van der Waals surface area contributed by atoms with E-state index in [-0.39, 0.29) is 5.97 Å². The van der Waals surface area contributed by atoms with E-state index in [1.54, 1.807) is 0 Å². The highest BCUT2D eigenvalue weighted by atomic mass is 35.5. The lowest BCUT2D eigenvalue weighted by molar-refractivity contribution is -0.140. The molecule has 0 radical (unpaired) electrons. The van der Waals surface area contributed by atoms with Crippen molar-refractivity contribution in [2.75, 3.05) is 7.11 Å². The number of hydrogen-bond acceptors (Lipinski definition) is 2. The average Bonchev–Trinajstić information content (AvgIpc) is 2.26. The molecule has 2 nitrogen and oxygen atoms in total. The Labute approximate surface area is 88.8 Å². The van der Waals surface area contributed by atoms with Crippen molar-refractivity contribution < 1.29 is 9.53 Å². The smallest absolute Gasteiger partial charge is 0.305 e. The van der Waals surface area contributed by atoms with Crippen LogP contribution >= 0.6 is 11.6 Å². The molecule has 0 aliphatic rings. The monoisotopic (exact) mass is 212 g/mol. The fourth-order valence-corrected chi connectivity index (χ4v) is 1.32. The van der Waals surface area contributed by atoms with Crippen LogP contribution in [0.3, 0.4) is 0 Å². The second-order valence-corrected chi connectivity index (χ2v) is 3.29. The first kappa shape index (κ1) is 11.1. The minimum atomic E-state index is -0.175. The summed E-state index contributed by atoms with van der Waals surface area (Å²) in [5.74, 6) is 0.350. The maximum Gasteiger partial charge on any atom is 0.305 e. The van der Waals surface area contributed by atoms with Crippen LogP contribution in [-0.2, 0) is 21.8 Å². The highest BCUT2D eigenvalue weighted by Crippen LogP contribution is 2.08. The van der Waals surface area contributed by atoms with E-state index in [2.05, 4.69) is 4.74 Å². The molecule has 3 heteroatoms. The Morgan fingerprint density at radius 3 is 2.36 bits per heavy atom. The molecule has 0 amide bonds. The summed E-state index contributed by atoms with van der Waals surface area (Å²) in [5.41, 5.74) is 2.22. The molecular weight excluding hydrogens is 200 g/mol. The molecule has 1 aromatic carbocycles. The van der Waals surface area contributed by atoms with Crippen LogP contribution in [0.15, 0.2) is 24.3 Å². The number of carbonyl (C=O) groups excluding carboxylic acids is 1. The van der Waals surface area contributed by atoms with Gasteiger partial charge in [-0.1, -0.05) is 24.3 Å². The molecule has 0 N–H and O–H groups in total. The Hall–Kier alpha value is -1.02. The molecule has 1 rings (SSSR count). The standard InChI is InChI=1S/C11H13ClO2/c1-14-11(13)7-6-9-2-4-10(8-12)5-3-9/h2-5H,6-8H2,1H3. The molecule has 0 spiro atoms. The summed E-state index contributed by atoms with van der Waals surface area (Å²) in [5, 5.41) is 0. The van der Waals surface area contributed by atoms with Crippen LogP contribution in [0.4, 0.5) is 0 Å². The first-order chi connectivity index (χ1) is 6.76. The molecule has 0 aliphatic heterocycles. The van der Waals surface area contributed by atoms with E-state index in [1.807, 2.05) is 24.3 Å². The minimum Gasteiger partial charge on any atom is -0.469 e. The number of methoxy groups -OCH3 is 1. The number of esters is 1. The number of rotatable bonds is 4. The molecular formula is C11H13ClO2. The van der Waals surface area contributed by atoms with Gasteiger partial charge in [0.25, 0.3) is 0 Å². The molecule has 14 heavy (non-hydrogen) atoms. The normalized spacial score (nSPS) is 9.86. The third-order valence-corrected chi connectivity index (χ3v) is 2.33. The van der Waals surface area contributed by atoms with Gasteiger partial charge in [0.2, 0.25) is 0 Å². The molecule has 0 aliphatic carbocycles. The van der Waals surface area contributed by atoms with Crippen molar-refractivity contribution in [3.05, 3.63) is 35.4 Å². The van der Waals surface area contributed by atoms with Gasteiger partial charge in [-0.25, -0.2) is 0 Å². The number of halogens is 1. The second kappa shape index (κ2) is 5.66. The average molecular weight is 213 g/mol. The van der Waals surface area contributed by atoms with Crippen molar-refractivity contribution in [2.45, 2.75) is 18.7 Å². The molecule has 0 saturated heterocycles. The predicted octanol–water partition coefficient (Wildman–Crippen LogP) is 2.53. The van der Waals surface area contributed by atoms with Crippen molar-refractivity contribution in [1.29, 1.82) is 0 Å². The lowest BCUT2D eigenvalue weighted by Crippen LogP contribution is -2.01. The summed E-state index contributed by atoms with van der Waals surface area (Å²) in [6, 6.07) is 7.92. The first-order valence-corrected chi connectivity index (χ1v) is 5.00. The van der Waals surface area contributed by atoms with E-state index in [4.69, 9.17) is 11.6 Å². The van der Waals surface area contributed by atoms with E-state index >= 15 is 0 Å². The molecule has 0 bridgehead atoms. The highest BCUT2D eigenvalue weighted by Gasteiger charge is 2.00. The predicted molar refractivity (Wildman–Crippen MR) is 56.3 cm³/mol. The van der Waals surface area contributed by atoms with Crippen LogP contribution < -0.4 is 0 Å². The van der Waals surface area contributed by atoms with Crippen LogP contribution in [0.5, 0.6) is 0 Å². The van der Waals surface area contributed by atoms with E-state index < -0.39 is 0 Å². The Morgan fingerprint density at radius 2 is 1.86 bits per heavy atom. The van der Waals surface area contributed by atoms with Crippen molar-refractivity contribution >= 4 is 17.6 Å². The van der Waals surface area contributed by atoms with Gasteiger partial charge in [-0.15, -0.1) is 11.6 Å². The van der Waals surface area contributed by atoms with Crippen molar-refractivity contribution in [1.82, 2.24) is 0 Å². The Balaban J connectivity index is 2.47. The zero-order valence-electron chi connectivity index (χ0n) is 8.13. The van der Waals surface area contributed by atoms with Gasteiger partial charge in [-0.2, -0.15) is 0 Å². The molecule has 1 aromatic rings. The summed E-state index contributed by atoms with van der Waals surface area (Å²) in [7, 11) is 1.40. The van der Waals surface area contributed by atoms with Crippen molar-refractivity contribution in [3.8, 4) is 0 Å². The zero-order valence-corrected chi connectivity index (χ0v) is 8.88. The zero-order chi connectivity index (χ0) is 10.4. The molecule has 0 saturated carbocycles. The minimum absolute atomic E-state index is 0.175. The lowest BCUT2D eigenvalue weighted by Gasteiger charge is -2.01. The molecule has 0 atom stereocenters. The number of aryl methyl sites for hydroxylation is 1. The van der Waals surface area contributed by atoms with Gasteiger partial charge >= 0.3 is 5.97 Å². The Bertz CT molecular complexity index is 293. The second-order valence-electron chi connectivity index (χ2n) is 3.03. The SMILES string of the molecule is COC(=O)CCc1ccc(CCl)cc1. The summed E-state index contributed by atoms with van der Waals surface area (Å²) < 4.78 is 4.56. The van der Waals surface area contributed by atoms with Crippen LogP contribution in [0.2, 0.25) is 0 Å². The molecule has 0 heterocycles. The fraction of sp³-hybridized carbons (Fsp3) is 0.364. The molecule has 0 fully saturated rings. The number of ether oxygens (including phenoxy) is 1. The lowest BCUT2D eigenvalue weighted by atomic mass is 10.1. The highest BCUT2D eigenvalue weighted by molar-refractivity contribution is 6.17. The van der Waals surface area contributed by atoms with Crippen molar-refractivity contribution in [2.24, 2.45) is 0 Å². The summed E-state index contributed by atoms with van der Waals surface area (Å²) >= 11 is 5.66. The van der Waals surface area contributed by atoms with Gasteiger partial charge < -0.3 is 4.74 Å². The van der Waals surface area contributed by atoms with Crippen LogP contribution in [-0.4, -0.2) is 13.1 Å². The Kier molecular flexibility index (Phi) is 4.47. The maximum absolute atomic E-state index is 10.9. The quantitative estimate of drug-likeness (QED) is 0.566. The summed E-state index contributed by atoms with van der Waals surface area (Å²) in [6.45, 7) is 0. The number of carbonyl (C=O) groups is 1. The van der Waals surface area contributed by atoms with Gasteiger partial charge in [0.05, 0.1) is 7.11 Å². The topological polar surface area (TPSA) is 26.3 Å². The van der Waals surface area contributed by atoms with Crippen LogP contribution in [0.25, 0.3) is 0 Å². The van der Waals surface area contributed by atoms with Crippen molar-refractivity contribution in [3.63, 3.8) is 0 Å². The van der Waals surface area contributed by atoms with Gasteiger partial charge in [0, 0.05) is 12.3 Å². The number of hydrogen-bond donors (Lipinski definition) is 0. The van der Waals surface area contributed by atoms with Gasteiger partial charge in [-0.3, -0.25) is 4.79 Å². The molecule has 76 valence electrons. The van der Waals surface area contributed by atoms with Gasteiger partial charge in [0.1, 0.15) is 0 Å². The molecule has 0 unspecified atom stereocenters. The van der Waals surface area contributed by atoms with E-state index in [1.165, 1.54) is 7.11 Å². The Morgan fingerprint density at radius 1 is 1.29 bits per heavy atom. The van der Waals surface area contributed by atoms with Gasteiger partial charge in [0.15, 0.2) is 0 Å². The number of benzene rings is 1. The maximum atomic E-state index is 10.9. The summed E-state index contributed by atoms with van der Waals surface area (Å²) in [6.07, 6.45) is 1.14. The molecule has 0 aromatic heterocycles. The number of alkyl halides is 1. The largest absolute Gasteiger partial charge is 0.469 e. The first-order valence-electron chi connectivity index (χ1n) is 4.47. The van der Waals surface area contributed by atoms with Crippen LogP contribution in [0.1, 0.15) is 17.5 Å².